The summed E-state index contributed by atoms with van der Waals surface area (Å²) in [6.07, 6.45) is 3.69. The van der Waals surface area contributed by atoms with E-state index in [4.69, 9.17) is 0 Å². The fourth-order valence-electron chi connectivity index (χ4n) is 2.26. The van der Waals surface area contributed by atoms with Crippen LogP contribution in [0.4, 0.5) is 0 Å². The van der Waals surface area contributed by atoms with Gasteiger partial charge in [-0.05, 0) is 50.8 Å². The SMILES string of the molecule is CC(C)(O)c1ccc(CC2CCCN2)cc1. The fraction of sp³-hybridized carbons (Fsp3) is 0.571. The summed E-state index contributed by atoms with van der Waals surface area (Å²) < 4.78 is 0. The monoisotopic (exact) mass is 219 g/mol. The summed E-state index contributed by atoms with van der Waals surface area (Å²) >= 11 is 0. The van der Waals surface area contributed by atoms with Crippen molar-refractivity contribution in [2.24, 2.45) is 0 Å². The van der Waals surface area contributed by atoms with E-state index in [2.05, 4.69) is 17.4 Å². The lowest BCUT2D eigenvalue weighted by molar-refractivity contribution is 0.0786. The van der Waals surface area contributed by atoms with Gasteiger partial charge in [0.1, 0.15) is 0 Å². The van der Waals surface area contributed by atoms with Gasteiger partial charge in [-0.3, -0.25) is 0 Å². The minimum Gasteiger partial charge on any atom is -0.386 e. The molecule has 1 aromatic rings. The van der Waals surface area contributed by atoms with Gasteiger partial charge in [0.25, 0.3) is 0 Å². The van der Waals surface area contributed by atoms with E-state index in [0.29, 0.717) is 6.04 Å². The Labute approximate surface area is 97.7 Å². The molecular weight excluding hydrogens is 198 g/mol. The minimum absolute atomic E-state index is 0.646. The zero-order valence-corrected chi connectivity index (χ0v) is 10.2. The van der Waals surface area contributed by atoms with E-state index in [9.17, 15) is 5.11 Å². The first-order chi connectivity index (χ1) is 7.55. The van der Waals surface area contributed by atoms with Crippen molar-refractivity contribution >= 4 is 0 Å². The van der Waals surface area contributed by atoms with Gasteiger partial charge in [-0.25, -0.2) is 0 Å². The largest absolute Gasteiger partial charge is 0.386 e. The highest BCUT2D eigenvalue weighted by atomic mass is 16.3. The van der Waals surface area contributed by atoms with Crippen LogP contribution in [0, 0.1) is 0 Å². The molecule has 0 amide bonds. The van der Waals surface area contributed by atoms with Crippen molar-refractivity contribution in [1.82, 2.24) is 5.32 Å². The molecule has 0 radical (unpaired) electrons. The molecule has 88 valence electrons. The van der Waals surface area contributed by atoms with Crippen LogP contribution >= 0.6 is 0 Å². The van der Waals surface area contributed by atoms with E-state index in [0.717, 1.165) is 18.5 Å². The van der Waals surface area contributed by atoms with Crippen molar-refractivity contribution in [2.75, 3.05) is 6.54 Å². The Bertz CT molecular complexity index is 331. The quantitative estimate of drug-likeness (QED) is 0.817. The van der Waals surface area contributed by atoms with Crippen LogP contribution in [-0.4, -0.2) is 17.7 Å². The average Bonchev–Trinajstić information content (AvgIpc) is 2.70. The highest BCUT2D eigenvalue weighted by molar-refractivity contribution is 5.26. The Kier molecular flexibility index (Phi) is 3.31. The van der Waals surface area contributed by atoms with Gasteiger partial charge in [-0.15, -0.1) is 0 Å². The summed E-state index contributed by atoms with van der Waals surface area (Å²) in [5.41, 5.74) is 1.60. The topological polar surface area (TPSA) is 32.3 Å². The molecule has 0 saturated carbocycles. The molecule has 2 heteroatoms. The molecule has 1 saturated heterocycles. The second-order valence-corrected chi connectivity index (χ2v) is 5.25. The molecule has 1 atom stereocenters. The normalized spacial score (nSPS) is 21.3. The summed E-state index contributed by atoms with van der Waals surface area (Å²) in [5.74, 6) is 0. The summed E-state index contributed by atoms with van der Waals surface area (Å²) in [6, 6.07) is 8.97. The first-order valence-corrected chi connectivity index (χ1v) is 6.11. The van der Waals surface area contributed by atoms with Crippen LogP contribution in [0.1, 0.15) is 37.8 Å². The lowest BCUT2D eigenvalue weighted by Gasteiger charge is -2.18. The summed E-state index contributed by atoms with van der Waals surface area (Å²) in [7, 11) is 0. The zero-order chi connectivity index (χ0) is 11.6. The zero-order valence-electron chi connectivity index (χ0n) is 10.2. The van der Waals surface area contributed by atoms with Crippen LogP contribution in [-0.2, 0) is 12.0 Å². The first-order valence-electron chi connectivity index (χ1n) is 6.11. The van der Waals surface area contributed by atoms with E-state index in [1.807, 2.05) is 26.0 Å². The highest BCUT2D eigenvalue weighted by Crippen LogP contribution is 2.20. The molecule has 1 heterocycles. The van der Waals surface area contributed by atoms with Gasteiger partial charge >= 0.3 is 0 Å². The molecule has 0 aliphatic carbocycles. The van der Waals surface area contributed by atoms with Gasteiger partial charge in [0, 0.05) is 6.04 Å². The van der Waals surface area contributed by atoms with Crippen LogP contribution in [0.15, 0.2) is 24.3 Å². The maximum Gasteiger partial charge on any atom is 0.0840 e. The number of aliphatic hydroxyl groups is 1. The number of rotatable bonds is 3. The molecule has 2 nitrogen and oxygen atoms in total. The van der Waals surface area contributed by atoms with Gasteiger partial charge in [-0.2, -0.15) is 0 Å². The van der Waals surface area contributed by atoms with Crippen molar-refractivity contribution in [3.05, 3.63) is 35.4 Å². The molecule has 1 aliphatic heterocycles. The van der Waals surface area contributed by atoms with Gasteiger partial charge in [0.2, 0.25) is 0 Å². The van der Waals surface area contributed by atoms with E-state index in [1.54, 1.807) is 0 Å². The molecule has 1 unspecified atom stereocenters. The molecule has 1 aromatic carbocycles. The maximum absolute atomic E-state index is 9.85. The third-order valence-electron chi connectivity index (χ3n) is 3.30. The van der Waals surface area contributed by atoms with Crippen LogP contribution in [0.25, 0.3) is 0 Å². The number of hydrogen-bond donors (Lipinski definition) is 2. The molecule has 1 aliphatic rings. The van der Waals surface area contributed by atoms with Gasteiger partial charge in [-0.1, -0.05) is 24.3 Å². The third kappa shape index (κ3) is 2.83. The number of hydrogen-bond acceptors (Lipinski definition) is 2. The van der Waals surface area contributed by atoms with Crippen molar-refractivity contribution in [1.29, 1.82) is 0 Å². The summed E-state index contributed by atoms with van der Waals surface area (Å²) in [5, 5.41) is 13.4. The minimum atomic E-state index is -0.732. The lowest BCUT2D eigenvalue weighted by Crippen LogP contribution is -2.23. The Morgan fingerprint density at radius 1 is 1.31 bits per heavy atom. The van der Waals surface area contributed by atoms with E-state index < -0.39 is 5.60 Å². The van der Waals surface area contributed by atoms with Gasteiger partial charge < -0.3 is 10.4 Å². The first kappa shape index (κ1) is 11.6. The lowest BCUT2D eigenvalue weighted by atomic mass is 9.95. The van der Waals surface area contributed by atoms with Crippen LogP contribution in [0.3, 0.4) is 0 Å². The predicted octanol–water partition coefficient (Wildman–Crippen LogP) is 2.21. The van der Waals surface area contributed by atoms with Gasteiger partial charge in [0.05, 0.1) is 5.60 Å². The van der Waals surface area contributed by atoms with E-state index >= 15 is 0 Å². The van der Waals surface area contributed by atoms with Crippen LogP contribution < -0.4 is 5.32 Å². The predicted molar refractivity (Wildman–Crippen MR) is 66.4 cm³/mol. The smallest absolute Gasteiger partial charge is 0.0840 e. The number of nitrogens with one attached hydrogen (secondary N) is 1. The Morgan fingerprint density at radius 2 is 2.00 bits per heavy atom. The Hall–Kier alpha value is -0.860. The molecular formula is C14H21NO. The Morgan fingerprint density at radius 3 is 2.50 bits per heavy atom. The highest BCUT2D eigenvalue weighted by Gasteiger charge is 2.17. The molecule has 16 heavy (non-hydrogen) atoms. The molecule has 1 fully saturated rings. The second-order valence-electron chi connectivity index (χ2n) is 5.25. The van der Waals surface area contributed by atoms with Gasteiger partial charge in [0.15, 0.2) is 0 Å². The van der Waals surface area contributed by atoms with Crippen LogP contribution in [0.5, 0.6) is 0 Å². The van der Waals surface area contributed by atoms with E-state index in [-0.39, 0.29) is 0 Å². The molecule has 0 aromatic heterocycles. The molecule has 2 N–H and O–H groups in total. The van der Waals surface area contributed by atoms with Crippen molar-refractivity contribution in [2.45, 2.75) is 44.8 Å². The standard InChI is InChI=1S/C14H21NO/c1-14(2,16)12-7-5-11(6-8-12)10-13-4-3-9-15-13/h5-8,13,15-16H,3-4,9-10H2,1-2H3. The maximum atomic E-state index is 9.85. The van der Waals surface area contributed by atoms with Crippen molar-refractivity contribution < 1.29 is 5.11 Å². The summed E-state index contributed by atoms with van der Waals surface area (Å²) in [4.78, 5) is 0. The van der Waals surface area contributed by atoms with Crippen LogP contribution in [0.2, 0.25) is 0 Å². The average molecular weight is 219 g/mol. The fourth-order valence-corrected chi connectivity index (χ4v) is 2.26. The second kappa shape index (κ2) is 4.56. The number of benzene rings is 1. The third-order valence-corrected chi connectivity index (χ3v) is 3.30. The van der Waals surface area contributed by atoms with Crippen molar-refractivity contribution in [3.63, 3.8) is 0 Å². The summed E-state index contributed by atoms with van der Waals surface area (Å²) in [6.45, 7) is 4.80. The molecule has 2 rings (SSSR count). The molecule has 0 bridgehead atoms. The van der Waals surface area contributed by atoms with E-state index in [1.165, 1.54) is 18.4 Å². The molecule has 0 spiro atoms. The van der Waals surface area contributed by atoms with Crippen molar-refractivity contribution in [3.8, 4) is 0 Å². The Balaban J connectivity index is 2.01.